The second kappa shape index (κ2) is 8.36. The zero-order valence-electron chi connectivity index (χ0n) is 17.4. The first-order chi connectivity index (χ1) is 14.5. The number of nitrogens with zero attached hydrogens (tertiary/aromatic N) is 5. The number of benzene rings is 1. The quantitative estimate of drug-likeness (QED) is 0.463. The van der Waals surface area contributed by atoms with Crippen LogP contribution in [0.3, 0.4) is 0 Å². The molecule has 154 valence electrons. The Morgan fingerprint density at radius 3 is 2.57 bits per heavy atom. The van der Waals surface area contributed by atoms with Crippen molar-refractivity contribution in [2.45, 2.75) is 27.3 Å². The highest BCUT2D eigenvalue weighted by Crippen LogP contribution is 2.16. The van der Waals surface area contributed by atoms with E-state index in [2.05, 4.69) is 25.9 Å². The van der Waals surface area contributed by atoms with Crippen molar-refractivity contribution in [3.05, 3.63) is 65.6 Å². The Morgan fingerprint density at radius 2 is 1.83 bits per heavy atom. The zero-order valence-corrected chi connectivity index (χ0v) is 17.4. The summed E-state index contributed by atoms with van der Waals surface area (Å²) in [6, 6.07) is 13.8. The van der Waals surface area contributed by atoms with Crippen LogP contribution in [0, 0.1) is 20.8 Å². The van der Waals surface area contributed by atoms with Gasteiger partial charge < -0.3 is 15.2 Å². The summed E-state index contributed by atoms with van der Waals surface area (Å²) < 4.78 is 3.75. The Labute approximate surface area is 174 Å². The Morgan fingerprint density at radius 1 is 1.00 bits per heavy atom. The van der Waals surface area contributed by atoms with Crippen LogP contribution in [0.5, 0.6) is 0 Å². The van der Waals surface area contributed by atoms with Gasteiger partial charge in [-0.2, -0.15) is 5.10 Å². The van der Waals surface area contributed by atoms with Crippen molar-refractivity contribution in [2.75, 3.05) is 18.4 Å². The van der Waals surface area contributed by atoms with Crippen molar-refractivity contribution in [1.29, 1.82) is 0 Å². The molecule has 0 saturated heterocycles. The molecule has 0 aliphatic rings. The van der Waals surface area contributed by atoms with E-state index in [4.69, 9.17) is 0 Å². The third-order valence-electron chi connectivity index (χ3n) is 5.27. The number of fused-ring (bicyclic) bond motifs is 1. The largest absolute Gasteiger partial charge is 0.367 e. The van der Waals surface area contributed by atoms with Crippen molar-refractivity contribution < 1.29 is 4.79 Å². The Bertz CT molecular complexity index is 1170. The van der Waals surface area contributed by atoms with Crippen LogP contribution in [0.4, 0.5) is 5.82 Å². The molecule has 0 atom stereocenters. The van der Waals surface area contributed by atoms with E-state index in [1.54, 1.807) is 4.68 Å². The lowest BCUT2D eigenvalue weighted by Gasteiger charge is -2.09. The molecular formula is C22H25N7O. The van der Waals surface area contributed by atoms with Gasteiger partial charge in [0.1, 0.15) is 12.4 Å². The lowest BCUT2D eigenvalue weighted by Crippen LogP contribution is -2.31. The van der Waals surface area contributed by atoms with E-state index in [0.717, 1.165) is 27.9 Å². The van der Waals surface area contributed by atoms with Gasteiger partial charge in [-0.3, -0.25) is 4.79 Å². The fourth-order valence-electron chi connectivity index (χ4n) is 3.36. The number of nitrogens with one attached hydrogen (secondary N) is 2. The monoisotopic (exact) mass is 403 g/mol. The number of anilines is 1. The highest BCUT2D eigenvalue weighted by molar-refractivity contribution is 5.83. The molecule has 3 aromatic heterocycles. The summed E-state index contributed by atoms with van der Waals surface area (Å²) in [6.45, 7) is 7.40. The minimum Gasteiger partial charge on any atom is -0.367 e. The molecular weight excluding hydrogens is 378 g/mol. The van der Waals surface area contributed by atoms with E-state index in [1.165, 1.54) is 0 Å². The molecule has 8 nitrogen and oxygen atoms in total. The maximum Gasteiger partial charge on any atom is 0.240 e. The molecule has 0 spiro atoms. The standard InChI is InChI=1S/C22H25N7O/c1-15-16(2)27-29(17(15)3)21-9-8-20(25-26-21)23-11-12-24-22(30)14-28-13-10-18-6-4-5-7-19(18)28/h4-10,13H,11-12,14H2,1-3H3,(H,23,25)(H,24,30). The first-order valence-corrected chi connectivity index (χ1v) is 9.94. The van der Waals surface area contributed by atoms with E-state index < -0.39 is 0 Å². The molecule has 4 aromatic rings. The van der Waals surface area contributed by atoms with Crippen molar-refractivity contribution in [2.24, 2.45) is 0 Å². The van der Waals surface area contributed by atoms with Gasteiger partial charge in [0.05, 0.1) is 5.69 Å². The Kier molecular flexibility index (Phi) is 5.47. The molecule has 1 amide bonds. The Hall–Kier alpha value is -3.68. The van der Waals surface area contributed by atoms with Gasteiger partial charge in [0.25, 0.3) is 0 Å². The molecule has 4 rings (SSSR count). The molecule has 2 N–H and O–H groups in total. The maximum atomic E-state index is 12.2. The lowest BCUT2D eigenvalue weighted by atomic mass is 10.2. The number of carbonyl (C=O) groups is 1. The second-order valence-electron chi connectivity index (χ2n) is 7.26. The summed E-state index contributed by atoms with van der Waals surface area (Å²) >= 11 is 0. The van der Waals surface area contributed by atoms with Crippen LogP contribution in [0.15, 0.2) is 48.7 Å². The van der Waals surface area contributed by atoms with Gasteiger partial charge in [0.15, 0.2) is 5.82 Å². The van der Waals surface area contributed by atoms with Gasteiger partial charge in [0, 0.05) is 30.5 Å². The van der Waals surface area contributed by atoms with Crippen molar-refractivity contribution in [3.63, 3.8) is 0 Å². The summed E-state index contributed by atoms with van der Waals surface area (Å²) in [5.74, 6) is 1.31. The normalized spacial score (nSPS) is 11.0. The number of para-hydroxylation sites is 1. The summed E-state index contributed by atoms with van der Waals surface area (Å²) in [7, 11) is 0. The number of rotatable bonds is 7. The minimum atomic E-state index is -0.0283. The summed E-state index contributed by atoms with van der Waals surface area (Å²) in [4.78, 5) is 12.2. The SMILES string of the molecule is Cc1nn(-c2ccc(NCCNC(=O)Cn3ccc4ccccc43)nn2)c(C)c1C. The van der Waals surface area contributed by atoms with E-state index in [-0.39, 0.29) is 5.91 Å². The molecule has 0 unspecified atom stereocenters. The first-order valence-electron chi connectivity index (χ1n) is 9.94. The molecule has 8 heteroatoms. The third kappa shape index (κ3) is 4.03. The maximum absolute atomic E-state index is 12.2. The van der Waals surface area contributed by atoms with E-state index in [0.29, 0.717) is 31.3 Å². The fourth-order valence-corrected chi connectivity index (χ4v) is 3.36. The summed E-state index contributed by atoms with van der Waals surface area (Å²) in [5, 5.41) is 20.2. The second-order valence-corrected chi connectivity index (χ2v) is 7.26. The van der Waals surface area contributed by atoms with Crippen LogP contribution in [0.25, 0.3) is 16.7 Å². The van der Waals surface area contributed by atoms with Gasteiger partial charge in [-0.1, -0.05) is 18.2 Å². The van der Waals surface area contributed by atoms with Crippen LogP contribution in [-0.4, -0.2) is 43.5 Å². The molecule has 0 saturated carbocycles. The fraction of sp³-hybridized carbons (Fsp3) is 0.273. The first kappa shape index (κ1) is 19.6. The van der Waals surface area contributed by atoms with Crippen LogP contribution in [0.1, 0.15) is 17.0 Å². The van der Waals surface area contributed by atoms with Gasteiger partial charge in [-0.15, -0.1) is 10.2 Å². The molecule has 0 fully saturated rings. The highest BCUT2D eigenvalue weighted by Gasteiger charge is 2.10. The molecule has 0 radical (unpaired) electrons. The number of hydrogen-bond acceptors (Lipinski definition) is 5. The summed E-state index contributed by atoms with van der Waals surface area (Å²) in [5.41, 5.74) is 4.25. The third-order valence-corrected chi connectivity index (χ3v) is 5.27. The van der Waals surface area contributed by atoms with Gasteiger partial charge in [-0.25, -0.2) is 4.68 Å². The van der Waals surface area contributed by atoms with E-state index in [9.17, 15) is 4.79 Å². The van der Waals surface area contributed by atoms with Crippen LogP contribution < -0.4 is 10.6 Å². The van der Waals surface area contributed by atoms with Crippen molar-refractivity contribution in [1.82, 2.24) is 29.9 Å². The molecule has 0 aliphatic heterocycles. The number of carbonyl (C=O) groups excluding carboxylic acids is 1. The van der Waals surface area contributed by atoms with E-state index in [1.807, 2.05) is 74.0 Å². The predicted octanol–water partition coefficient (Wildman–Crippen LogP) is 2.77. The molecule has 1 aromatic carbocycles. The Balaban J connectivity index is 1.26. The number of amides is 1. The van der Waals surface area contributed by atoms with Crippen molar-refractivity contribution in [3.8, 4) is 5.82 Å². The average Bonchev–Trinajstić information content (AvgIpc) is 3.28. The predicted molar refractivity (Wildman–Crippen MR) is 117 cm³/mol. The van der Waals surface area contributed by atoms with E-state index >= 15 is 0 Å². The van der Waals surface area contributed by atoms with Gasteiger partial charge in [0.2, 0.25) is 5.91 Å². The lowest BCUT2D eigenvalue weighted by molar-refractivity contribution is -0.121. The number of hydrogen-bond donors (Lipinski definition) is 2. The smallest absolute Gasteiger partial charge is 0.240 e. The number of aromatic nitrogens is 5. The molecule has 0 bridgehead atoms. The number of aryl methyl sites for hydroxylation is 1. The van der Waals surface area contributed by atoms with Gasteiger partial charge in [-0.05, 0) is 56.0 Å². The minimum absolute atomic E-state index is 0.0283. The molecule has 0 aliphatic carbocycles. The topological polar surface area (TPSA) is 89.7 Å². The zero-order chi connectivity index (χ0) is 21.1. The van der Waals surface area contributed by atoms with Crippen LogP contribution in [0.2, 0.25) is 0 Å². The van der Waals surface area contributed by atoms with Crippen LogP contribution >= 0.6 is 0 Å². The van der Waals surface area contributed by atoms with Crippen molar-refractivity contribution >= 4 is 22.6 Å². The van der Waals surface area contributed by atoms with Crippen LogP contribution in [-0.2, 0) is 11.3 Å². The summed E-state index contributed by atoms with van der Waals surface area (Å²) in [6.07, 6.45) is 1.93. The molecule has 3 heterocycles. The highest BCUT2D eigenvalue weighted by atomic mass is 16.1. The molecule has 30 heavy (non-hydrogen) atoms. The average molecular weight is 403 g/mol. The van der Waals surface area contributed by atoms with Gasteiger partial charge >= 0.3 is 0 Å².